The molecule has 0 aromatic heterocycles. The summed E-state index contributed by atoms with van der Waals surface area (Å²) in [5.74, 6) is -0.671. The Morgan fingerprint density at radius 1 is 1.58 bits per heavy atom. The number of benzene rings is 1. The van der Waals surface area contributed by atoms with Gasteiger partial charge in [0, 0.05) is 24.2 Å². The number of nitro groups is 1. The Morgan fingerprint density at radius 3 is 2.84 bits per heavy atom. The lowest BCUT2D eigenvalue weighted by Gasteiger charge is -2.14. The predicted molar refractivity (Wildman–Crippen MR) is 71.1 cm³/mol. The molecule has 1 aromatic carbocycles. The Kier molecular flexibility index (Phi) is 3.66. The van der Waals surface area contributed by atoms with E-state index in [1.807, 2.05) is 7.05 Å². The van der Waals surface area contributed by atoms with Gasteiger partial charge in [-0.3, -0.25) is 14.9 Å². The van der Waals surface area contributed by atoms with Crippen molar-refractivity contribution in [2.24, 2.45) is 5.73 Å². The molecule has 1 amide bonds. The van der Waals surface area contributed by atoms with Crippen LogP contribution < -0.4 is 11.1 Å². The van der Waals surface area contributed by atoms with Gasteiger partial charge >= 0.3 is 0 Å². The van der Waals surface area contributed by atoms with E-state index in [4.69, 9.17) is 5.73 Å². The number of nitrogens with zero attached hydrogens (tertiary/aromatic N) is 2. The van der Waals surface area contributed by atoms with Crippen LogP contribution in [0.2, 0.25) is 0 Å². The van der Waals surface area contributed by atoms with E-state index in [-0.39, 0.29) is 17.3 Å². The lowest BCUT2D eigenvalue weighted by molar-refractivity contribution is -0.384. The zero-order valence-corrected chi connectivity index (χ0v) is 10.6. The van der Waals surface area contributed by atoms with Crippen LogP contribution in [-0.2, 0) is 0 Å². The summed E-state index contributed by atoms with van der Waals surface area (Å²) in [6, 6.07) is 4.43. The van der Waals surface area contributed by atoms with Gasteiger partial charge in [0.2, 0.25) is 5.91 Å². The van der Waals surface area contributed by atoms with Crippen molar-refractivity contribution in [2.75, 3.05) is 25.5 Å². The van der Waals surface area contributed by atoms with Crippen LogP contribution in [0.3, 0.4) is 0 Å². The Balaban J connectivity index is 2.24. The van der Waals surface area contributed by atoms with E-state index >= 15 is 0 Å². The first-order chi connectivity index (χ1) is 8.97. The molecule has 0 bridgehead atoms. The van der Waals surface area contributed by atoms with Crippen LogP contribution in [0, 0.1) is 10.1 Å². The fourth-order valence-corrected chi connectivity index (χ4v) is 2.23. The van der Waals surface area contributed by atoms with Gasteiger partial charge < -0.3 is 16.0 Å². The minimum absolute atomic E-state index is 0.120. The number of rotatable bonds is 4. The number of nitrogens with one attached hydrogen (secondary N) is 1. The maximum Gasteiger partial charge on any atom is 0.293 e. The number of amides is 1. The topological polar surface area (TPSA) is 102 Å². The molecular weight excluding hydrogens is 248 g/mol. The highest BCUT2D eigenvalue weighted by Gasteiger charge is 2.23. The molecule has 0 radical (unpaired) electrons. The number of nitrogens with two attached hydrogens (primary N) is 1. The van der Waals surface area contributed by atoms with Crippen molar-refractivity contribution in [1.82, 2.24) is 4.90 Å². The summed E-state index contributed by atoms with van der Waals surface area (Å²) in [5, 5.41) is 14.2. The monoisotopic (exact) mass is 264 g/mol. The summed E-state index contributed by atoms with van der Waals surface area (Å²) in [7, 11) is 2.01. The number of likely N-dealkylation sites (tertiary alicyclic amines) is 1. The van der Waals surface area contributed by atoms with Crippen molar-refractivity contribution in [3.63, 3.8) is 0 Å². The molecule has 7 heteroatoms. The summed E-state index contributed by atoms with van der Waals surface area (Å²) < 4.78 is 0. The lowest BCUT2D eigenvalue weighted by atomic mass is 10.1. The van der Waals surface area contributed by atoms with E-state index in [0.717, 1.165) is 19.5 Å². The summed E-state index contributed by atoms with van der Waals surface area (Å²) in [6.45, 7) is 1.81. The quantitative estimate of drug-likeness (QED) is 0.619. The van der Waals surface area contributed by atoms with Crippen LogP contribution in [0.4, 0.5) is 11.4 Å². The van der Waals surface area contributed by atoms with Gasteiger partial charge in [-0.15, -0.1) is 0 Å². The standard InChI is InChI=1S/C12H16N4O3/c1-15-5-4-9(7-15)14-10-3-2-8(12(13)17)6-11(10)16(18)19/h2-3,6,9,14H,4-5,7H2,1H3,(H2,13,17). The highest BCUT2D eigenvalue weighted by molar-refractivity contribution is 5.94. The molecule has 1 aromatic rings. The number of hydrogen-bond donors (Lipinski definition) is 2. The molecular formula is C12H16N4O3. The van der Waals surface area contributed by atoms with Crippen LogP contribution in [0.5, 0.6) is 0 Å². The van der Waals surface area contributed by atoms with E-state index < -0.39 is 10.8 Å². The van der Waals surface area contributed by atoms with Gasteiger partial charge in [-0.05, 0) is 32.1 Å². The van der Waals surface area contributed by atoms with Crippen molar-refractivity contribution in [2.45, 2.75) is 12.5 Å². The number of primary amides is 1. The predicted octanol–water partition coefficient (Wildman–Crippen LogP) is 0.810. The minimum atomic E-state index is -0.671. The fourth-order valence-electron chi connectivity index (χ4n) is 2.23. The van der Waals surface area contributed by atoms with Crippen molar-refractivity contribution in [1.29, 1.82) is 0 Å². The molecule has 1 heterocycles. The third-order valence-electron chi connectivity index (χ3n) is 3.23. The Morgan fingerprint density at radius 2 is 2.32 bits per heavy atom. The number of carbonyl (C=O) groups is 1. The van der Waals surface area contributed by atoms with E-state index in [1.54, 1.807) is 0 Å². The van der Waals surface area contributed by atoms with Crippen LogP contribution in [0.25, 0.3) is 0 Å². The number of nitro benzene ring substituents is 1. The molecule has 102 valence electrons. The second kappa shape index (κ2) is 5.23. The first-order valence-corrected chi connectivity index (χ1v) is 6.00. The Hall–Kier alpha value is -2.15. The molecule has 0 aliphatic carbocycles. The smallest absolute Gasteiger partial charge is 0.293 e. The zero-order chi connectivity index (χ0) is 14.0. The van der Waals surface area contributed by atoms with E-state index in [2.05, 4.69) is 10.2 Å². The number of likely N-dealkylation sites (N-methyl/N-ethyl adjacent to an activating group) is 1. The molecule has 1 saturated heterocycles. The fraction of sp³-hybridized carbons (Fsp3) is 0.417. The largest absolute Gasteiger partial charge is 0.375 e. The first kappa shape index (κ1) is 13.3. The van der Waals surface area contributed by atoms with Crippen LogP contribution in [-0.4, -0.2) is 41.9 Å². The summed E-state index contributed by atoms with van der Waals surface area (Å²) in [6.07, 6.45) is 0.936. The van der Waals surface area contributed by atoms with Gasteiger partial charge in [-0.25, -0.2) is 0 Å². The molecule has 1 aliphatic heterocycles. The molecule has 19 heavy (non-hydrogen) atoms. The number of anilines is 1. The highest BCUT2D eigenvalue weighted by Crippen LogP contribution is 2.27. The normalized spacial score (nSPS) is 19.3. The average molecular weight is 264 g/mol. The molecule has 2 rings (SSSR count). The second-order valence-electron chi connectivity index (χ2n) is 4.75. The molecule has 1 aliphatic rings. The Bertz CT molecular complexity index is 518. The van der Waals surface area contributed by atoms with E-state index in [0.29, 0.717) is 5.69 Å². The van der Waals surface area contributed by atoms with E-state index in [1.165, 1.54) is 18.2 Å². The number of hydrogen-bond acceptors (Lipinski definition) is 5. The third-order valence-corrected chi connectivity index (χ3v) is 3.23. The van der Waals surface area contributed by atoms with Gasteiger partial charge in [0.05, 0.1) is 4.92 Å². The maximum absolute atomic E-state index is 11.0. The van der Waals surface area contributed by atoms with Crippen molar-refractivity contribution in [3.8, 4) is 0 Å². The molecule has 1 fully saturated rings. The molecule has 1 unspecified atom stereocenters. The van der Waals surface area contributed by atoms with Crippen LogP contribution in [0.15, 0.2) is 18.2 Å². The molecule has 0 saturated carbocycles. The maximum atomic E-state index is 11.0. The van der Waals surface area contributed by atoms with Crippen molar-refractivity contribution in [3.05, 3.63) is 33.9 Å². The summed E-state index contributed by atoms with van der Waals surface area (Å²) in [5.41, 5.74) is 5.57. The second-order valence-corrected chi connectivity index (χ2v) is 4.75. The summed E-state index contributed by atoms with van der Waals surface area (Å²) in [4.78, 5) is 23.7. The molecule has 7 nitrogen and oxygen atoms in total. The molecule has 0 spiro atoms. The van der Waals surface area contributed by atoms with Gasteiger partial charge in [-0.1, -0.05) is 0 Å². The van der Waals surface area contributed by atoms with Crippen LogP contribution in [0.1, 0.15) is 16.8 Å². The van der Waals surface area contributed by atoms with Gasteiger partial charge in [0.15, 0.2) is 0 Å². The lowest BCUT2D eigenvalue weighted by Crippen LogP contribution is -2.24. The minimum Gasteiger partial charge on any atom is -0.375 e. The molecule has 1 atom stereocenters. The van der Waals surface area contributed by atoms with Crippen molar-refractivity contribution >= 4 is 17.3 Å². The first-order valence-electron chi connectivity index (χ1n) is 6.00. The van der Waals surface area contributed by atoms with Gasteiger partial charge in [0.25, 0.3) is 5.69 Å². The third kappa shape index (κ3) is 3.00. The summed E-state index contributed by atoms with van der Waals surface area (Å²) >= 11 is 0. The van der Waals surface area contributed by atoms with Crippen molar-refractivity contribution < 1.29 is 9.72 Å². The van der Waals surface area contributed by atoms with E-state index in [9.17, 15) is 14.9 Å². The Labute approximate surface area is 110 Å². The van der Waals surface area contributed by atoms with Crippen LogP contribution >= 0.6 is 0 Å². The highest BCUT2D eigenvalue weighted by atomic mass is 16.6. The zero-order valence-electron chi connectivity index (χ0n) is 10.6. The average Bonchev–Trinajstić information content (AvgIpc) is 2.74. The SMILES string of the molecule is CN1CCC(Nc2ccc(C(N)=O)cc2[N+](=O)[O-])C1. The van der Waals surface area contributed by atoms with Gasteiger partial charge in [-0.2, -0.15) is 0 Å². The van der Waals surface area contributed by atoms with Gasteiger partial charge in [0.1, 0.15) is 5.69 Å². The number of carbonyl (C=O) groups excluding carboxylic acids is 1. The molecule has 3 N–H and O–H groups in total.